The first-order valence-electron chi connectivity index (χ1n) is 5.79. The minimum atomic E-state index is -0.661. The summed E-state index contributed by atoms with van der Waals surface area (Å²) in [6, 6.07) is 9.48. The monoisotopic (exact) mass is 233 g/mol. The highest BCUT2D eigenvalue weighted by Gasteiger charge is 2.28. The number of benzene rings is 1. The van der Waals surface area contributed by atoms with E-state index in [1.54, 1.807) is 0 Å². The number of esters is 1. The Kier molecular flexibility index (Phi) is 3.75. The molecule has 90 valence electrons. The molecule has 1 aliphatic rings. The first kappa shape index (κ1) is 11.6. The number of amides is 1. The number of hydrogen-bond donors (Lipinski definition) is 1. The minimum absolute atomic E-state index is 0.0718. The van der Waals surface area contributed by atoms with E-state index >= 15 is 0 Å². The molecule has 1 aliphatic carbocycles. The maximum absolute atomic E-state index is 11.4. The first-order valence-corrected chi connectivity index (χ1v) is 5.79. The fraction of sp³-hybridized carbons (Fsp3) is 0.385. The van der Waals surface area contributed by atoms with Gasteiger partial charge in [0.25, 0.3) is 0 Å². The van der Waals surface area contributed by atoms with Gasteiger partial charge in [-0.3, -0.25) is 4.79 Å². The van der Waals surface area contributed by atoms with Gasteiger partial charge in [0.15, 0.2) is 0 Å². The molecule has 0 saturated heterocycles. The van der Waals surface area contributed by atoms with Crippen molar-refractivity contribution >= 4 is 12.1 Å². The lowest BCUT2D eigenvalue weighted by atomic mass is 9.86. The highest BCUT2D eigenvalue weighted by Crippen LogP contribution is 2.27. The first-order chi connectivity index (χ1) is 8.25. The lowest BCUT2D eigenvalue weighted by molar-refractivity contribution is -0.144. The van der Waals surface area contributed by atoms with Gasteiger partial charge in [-0.25, -0.2) is 4.79 Å². The number of hydrogen-bond acceptors (Lipinski definition) is 3. The average molecular weight is 233 g/mol. The van der Waals surface area contributed by atoms with E-state index in [2.05, 4.69) is 10.1 Å². The molecule has 1 aromatic rings. The molecule has 1 amide bonds. The number of nitrogens with one attached hydrogen (secondary N) is 1. The van der Waals surface area contributed by atoms with Crippen LogP contribution >= 0.6 is 0 Å². The maximum atomic E-state index is 11.4. The van der Waals surface area contributed by atoms with Gasteiger partial charge in [0.05, 0.1) is 5.92 Å². The third kappa shape index (κ3) is 3.31. The summed E-state index contributed by atoms with van der Waals surface area (Å²) in [7, 11) is 0. The van der Waals surface area contributed by atoms with Gasteiger partial charge >= 0.3 is 12.1 Å². The second-order valence-electron chi connectivity index (χ2n) is 4.18. The quantitative estimate of drug-likeness (QED) is 0.643. The molecule has 4 heteroatoms. The molecule has 0 spiro atoms. The fourth-order valence-electron chi connectivity index (χ4n) is 1.62. The highest BCUT2D eigenvalue weighted by molar-refractivity contribution is 5.86. The van der Waals surface area contributed by atoms with Gasteiger partial charge in [-0.05, 0) is 18.4 Å². The van der Waals surface area contributed by atoms with Crippen LogP contribution in [0, 0.1) is 5.92 Å². The lowest BCUT2D eigenvalue weighted by Gasteiger charge is -2.22. The van der Waals surface area contributed by atoms with Gasteiger partial charge in [-0.1, -0.05) is 36.8 Å². The zero-order valence-corrected chi connectivity index (χ0v) is 9.52. The number of carbonyl (C=O) groups excluding carboxylic acids is 2. The highest BCUT2D eigenvalue weighted by atomic mass is 16.6. The van der Waals surface area contributed by atoms with E-state index in [0.29, 0.717) is 6.54 Å². The molecule has 0 aliphatic heterocycles. The van der Waals surface area contributed by atoms with Crippen LogP contribution in [0.3, 0.4) is 0 Å². The summed E-state index contributed by atoms with van der Waals surface area (Å²) >= 11 is 0. The third-order valence-electron chi connectivity index (χ3n) is 2.91. The third-order valence-corrected chi connectivity index (χ3v) is 2.91. The Morgan fingerprint density at radius 2 is 1.94 bits per heavy atom. The van der Waals surface area contributed by atoms with Crippen LogP contribution in [0.5, 0.6) is 0 Å². The van der Waals surface area contributed by atoms with E-state index in [9.17, 15) is 9.59 Å². The van der Waals surface area contributed by atoms with Crippen LogP contribution < -0.4 is 5.32 Å². The summed E-state index contributed by atoms with van der Waals surface area (Å²) in [5.74, 6) is -0.473. The van der Waals surface area contributed by atoms with E-state index in [0.717, 1.165) is 24.8 Å². The van der Waals surface area contributed by atoms with Gasteiger partial charge in [0.2, 0.25) is 0 Å². The molecule has 4 nitrogen and oxygen atoms in total. The summed E-state index contributed by atoms with van der Waals surface area (Å²) in [5, 5.41) is 2.55. The van der Waals surface area contributed by atoms with Crippen molar-refractivity contribution in [2.24, 2.45) is 5.92 Å². The molecule has 1 saturated carbocycles. The molecular formula is C13H15NO3. The SMILES string of the molecule is O=C(NCc1ccccc1)OC(=O)C1CCC1. The molecule has 1 N–H and O–H groups in total. The van der Waals surface area contributed by atoms with Crippen LogP contribution in [0.2, 0.25) is 0 Å². The zero-order chi connectivity index (χ0) is 12.1. The van der Waals surface area contributed by atoms with Crippen molar-refractivity contribution in [3.63, 3.8) is 0 Å². The Morgan fingerprint density at radius 3 is 2.53 bits per heavy atom. The van der Waals surface area contributed by atoms with Crippen LogP contribution in [0.4, 0.5) is 4.79 Å². The smallest absolute Gasteiger partial charge is 0.376 e. The van der Waals surface area contributed by atoms with Gasteiger partial charge in [-0.2, -0.15) is 0 Å². The summed E-state index contributed by atoms with van der Waals surface area (Å²) in [6.45, 7) is 0.373. The van der Waals surface area contributed by atoms with Crippen LogP contribution in [-0.2, 0) is 16.1 Å². The second kappa shape index (κ2) is 5.48. The summed E-state index contributed by atoms with van der Waals surface area (Å²) < 4.78 is 4.69. The van der Waals surface area contributed by atoms with E-state index in [1.807, 2.05) is 30.3 Å². The molecule has 2 rings (SSSR count). The average Bonchev–Trinajstić information content (AvgIpc) is 2.25. The fourth-order valence-corrected chi connectivity index (χ4v) is 1.62. The molecule has 0 heterocycles. The molecule has 0 atom stereocenters. The Morgan fingerprint density at radius 1 is 1.24 bits per heavy atom. The van der Waals surface area contributed by atoms with Crippen molar-refractivity contribution in [2.75, 3.05) is 0 Å². The van der Waals surface area contributed by atoms with Gasteiger partial charge in [0, 0.05) is 6.54 Å². The Balaban J connectivity index is 1.72. The predicted octanol–water partition coefficient (Wildman–Crippen LogP) is 2.24. The van der Waals surface area contributed by atoms with Crippen LogP contribution in [0.1, 0.15) is 24.8 Å². The number of alkyl carbamates (subject to hydrolysis) is 1. The topological polar surface area (TPSA) is 55.4 Å². The number of rotatable bonds is 3. The maximum Gasteiger partial charge on any atom is 0.415 e. The standard InChI is InChI=1S/C13H15NO3/c15-12(11-7-4-8-11)17-13(16)14-9-10-5-2-1-3-6-10/h1-3,5-6,11H,4,7-9H2,(H,14,16). The normalized spacial score (nSPS) is 14.8. The van der Waals surface area contributed by atoms with Crippen LogP contribution in [0.15, 0.2) is 30.3 Å². The lowest BCUT2D eigenvalue weighted by Crippen LogP contribution is -2.31. The van der Waals surface area contributed by atoms with Crippen molar-refractivity contribution < 1.29 is 14.3 Å². The van der Waals surface area contributed by atoms with Crippen molar-refractivity contribution in [3.05, 3.63) is 35.9 Å². The molecule has 0 aromatic heterocycles. The zero-order valence-electron chi connectivity index (χ0n) is 9.52. The molecule has 1 aromatic carbocycles. The second-order valence-corrected chi connectivity index (χ2v) is 4.18. The predicted molar refractivity (Wildman–Crippen MR) is 62.1 cm³/mol. The minimum Gasteiger partial charge on any atom is -0.376 e. The molecule has 1 fully saturated rings. The van der Waals surface area contributed by atoms with Crippen molar-refractivity contribution in [3.8, 4) is 0 Å². The molecule has 0 radical (unpaired) electrons. The van der Waals surface area contributed by atoms with Gasteiger partial charge in [0.1, 0.15) is 0 Å². The summed E-state index contributed by atoms with van der Waals surface area (Å²) in [6.07, 6.45) is 2.06. The molecule has 0 bridgehead atoms. The molecule has 0 unspecified atom stereocenters. The molecular weight excluding hydrogens is 218 g/mol. The van der Waals surface area contributed by atoms with E-state index < -0.39 is 12.1 Å². The Hall–Kier alpha value is -1.84. The van der Waals surface area contributed by atoms with Gasteiger partial charge in [-0.15, -0.1) is 0 Å². The van der Waals surface area contributed by atoms with Crippen molar-refractivity contribution in [2.45, 2.75) is 25.8 Å². The summed E-state index contributed by atoms with van der Waals surface area (Å²) in [4.78, 5) is 22.7. The Labute approximate surface area is 100.0 Å². The number of carbonyl (C=O) groups is 2. The largest absolute Gasteiger partial charge is 0.415 e. The van der Waals surface area contributed by atoms with Crippen LogP contribution in [0.25, 0.3) is 0 Å². The van der Waals surface area contributed by atoms with E-state index in [1.165, 1.54) is 0 Å². The van der Waals surface area contributed by atoms with Crippen molar-refractivity contribution in [1.29, 1.82) is 0 Å². The number of ether oxygens (including phenoxy) is 1. The Bertz CT molecular complexity index is 398. The molecule has 17 heavy (non-hydrogen) atoms. The van der Waals surface area contributed by atoms with Crippen LogP contribution in [-0.4, -0.2) is 12.1 Å². The summed E-state index contributed by atoms with van der Waals surface area (Å²) in [5.41, 5.74) is 0.973. The van der Waals surface area contributed by atoms with E-state index in [-0.39, 0.29) is 5.92 Å². The van der Waals surface area contributed by atoms with Gasteiger partial charge < -0.3 is 10.1 Å². The van der Waals surface area contributed by atoms with Crippen molar-refractivity contribution in [1.82, 2.24) is 5.32 Å². The van der Waals surface area contributed by atoms with E-state index in [4.69, 9.17) is 0 Å².